The third-order valence-corrected chi connectivity index (χ3v) is 1.30. The molecule has 0 aliphatic carbocycles. The van der Waals surface area contributed by atoms with E-state index in [-0.39, 0.29) is 0 Å². The summed E-state index contributed by atoms with van der Waals surface area (Å²) in [7, 11) is 7.88. The van der Waals surface area contributed by atoms with E-state index in [1.54, 1.807) is 0 Å². The molecule has 0 atom stereocenters. The zero-order chi connectivity index (χ0) is 8.85. The number of allylic oxidation sites excluding steroid dienone is 1. The topological polar surface area (TPSA) is 6.25 Å². The van der Waals surface area contributed by atoms with Crippen LogP contribution < -0.4 is 0 Å². The first-order chi connectivity index (χ1) is 5.02. The molecule has 0 bridgehead atoms. The van der Waals surface area contributed by atoms with E-state index in [1.165, 1.54) is 0 Å². The molecule has 2 nitrogen and oxygen atoms in total. The molecular formula is C8H16ClN2+. The van der Waals surface area contributed by atoms with Crippen molar-refractivity contribution in [2.75, 3.05) is 28.2 Å². The molecule has 0 aliphatic rings. The Kier molecular flexibility index (Phi) is 4.95. The molecule has 0 saturated heterocycles. The summed E-state index contributed by atoms with van der Waals surface area (Å²) in [5.41, 5.74) is 0. The minimum absolute atomic E-state index is 0.798. The Labute approximate surface area is 73.8 Å². The van der Waals surface area contributed by atoms with Gasteiger partial charge in [-0.05, 0) is 0 Å². The van der Waals surface area contributed by atoms with Crippen LogP contribution in [0, 0.1) is 0 Å². The molecule has 0 fully saturated rings. The zero-order valence-corrected chi connectivity index (χ0v) is 8.39. The molecule has 0 saturated carbocycles. The second-order valence-corrected chi connectivity index (χ2v) is 3.38. The van der Waals surface area contributed by atoms with Crippen molar-refractivity contribution in [1.29, 1.82) is 0 Å². The lowest BCUT2D eigenvalue weighted by Gasteiger charge is -2.03. The number of rotatable bonds is 3. The smallest absolute Gasteiger partial charge is 0.144 e. The van der Waals surface area contributed by atoms with E-state index in [1.807, 2.05) is 50.1 Å². The lowest BCUT2D eigenvalue weighted by atomic mass is 10.4. The van der Waals surface area contributed by atoms with E-state index in [0.29, 0.717) is 0 Å². The Morgan fingerprint density at radius 3 is 2.36 bits per heavy atom. The number of hydrogen-bond donors (Lipinski definition) is 0. The van der Waals surface area contributed by atoms with Gasteiger partial charge in [0.1, 0.15) is 20.3 Å². The van der Waals surface area contributed by atoms with E-state index in [4.69, 9.17) is 11.6 Å². The standard InChI is InChI=1S/C8H16ClN2/c1-10(2)6-5-8(9)7-11(3)4/h6-7H,5H2,1-4H3/q+1/b8-7+. The van der Waals surface area contributed by atoms with Gasteiger partial charge in [0, 0.05) is 25.3 Å². The molecule has 0 unspecified atom stereocenters. The van der Waals surface area contributed by atoms with Crippen molar-refractivity contribution < 1.29 is 4.58 Å². The maximum absolute atomic E-state index is 5.88. The molecule has 0 aliphatic heterocycles. The first-order valence-electron chi connectivity index (χ1n) is 3.54. The Bertz CT molecular complexity index is 167. The second kappa shape index (κ2) is 5.19. The highest BCUT2D eigenvalue weighted by atomic mass is 35.5. The van der Waals surface area contributed by atoms with Gasteiger partial charge >= 0.3 is 0 Å². The minimum atomic E-state index is 0.798. The van der Waals surface area contributed by atoms with E-state index in [9.17, 15) is 0 Å². The monoisotopic (exact) mass is 175 g/mol. The third kappa shape index (κ3) is 7.40. The molecule has 0 spiro atoms. The number of halogens is 1. The highest BCUT2D eigenvalue weighted by Gasteiger charge is 1.92. The molecule has 0 aromatic rings. The summed E-state index contributed by atoms with van der Waals surface area (Å²) in [5.74, 6) is 0. The van der Waals surface area contributed by atoms with E-state index >= 15 is 0 Å². The largest absolute Gasteiger partial charge is 0.383 e. The molecule has 0 N–H and O–H groups in total. The average molecular weight is 176 g/mol. The molecular weight excluding hydrogens is 160 g/mol. The van der Waals surface area contributed by atoms with Gasteiger partial charge in [0.2, 0.25) is 0 Å². The van der Waals surface area contributed by atoms with Gasteiger partial charge in [0.05, 0.1) is 6.42 Å². The zero-order valence-electron chi connectivity index (χ0n) is 7.63. The van der Waals surface area contributed by atoms with Crippen LogP contribution in [0.2, 0.25) is 0 Å². The van der Waals surface area contributed by atoms with Gasteiger partial charge in [-0.2, -0.15) is 0 Å². The predicted octanol–water partition coefficient (Wildman–Crippen LogP) is 1.36. The normalized spacial score (nSPS) is 11.2. The van der Waals surface area contributed by atoms with Crippen LogP contribution >= 0.6 is 11.6 Å². The second-order valence-electron chi connectivity index (χ2n) is 2.89. The van der Waals surface area contributed by atoms with Crippen molar-refractivity contribution in [2.24, 2.45) is 0 Å². The number of nitrogens with zero attached hydrogens (tertiary/aromatic N) is 2. The highest BCUT2D eigenvalue weighted by molar-refractivity contribution is 6.30. The molecule has 3 heteroatoms. The maximum atomic E-state index is 5.88. The summed E-state index contributed by atoms with van der Waals surface area (Å²) in [6.07, 6.45) is 4.73. The molecule has 0 aromatic heterocycles. The summed E-state index contributed by atoms with van der Waals surface area (Å²) in [6, 6.07) is 0. The van der Waals surface area contributed by atoms with E-state index in [0.717, 1.165) is 11.5 Å². The molecule has 11 heavy (non-hydrogen) atoms. The van der Waals surface area contributed by atoms with Crippen LogP contribution in [0.3, 0.4) is 0 Å². The summed E-state index contributed by atoms with van der Waals surface area (Å²) >= 11 is 5.88. The van der Waals surface area contributed by atoms with Crippen LogP contribution in [0.1, 0.15) is 6.42 Å². The fourth-order valence-corrected chi connectivity index (χ4v) is 0.867. The van der Waals surface area contributed by atoms with Crippen LogP contribution in [0.25, 0.3) is 0 Å². The highest BCUT2D eigenvalue weighted by Crippen LogP contribution is 2.04. The van der Waals surface area contributed by atoms with Crippen molar-refractivity contribution >= 4 is 17.8 Å². The Morgan fingerprint density at radius 2 is 2.00 bits per heavy atom. The fourth-order valence-electron chi connectivity index (χ4n) is 0.603. The molecule has 0 rings (SSSR count). The van der Waals surface area contributed by atoms with Gasteiger partial charge < -0.3 is 4.90 Å². The fraction of sp³-hybridized carbons (Fsp3) is 0.625. The van der Waals surface area contributed by atoms with Crippen molar-refractivity contribution in [3.05, 3.63) is 11.2 Å². The van der Waals surface area contributed by atoms with Gasteiger partial charge in [-0.1, -0.05) is 11.6 Å². The first kappa shape index (κ1) is 10.5. The van der Waals surface area contributed by atoms with E-state index < -0.39 is 0 Å². The van der Waals surface area contributed by atoms with Crippen LogP contribution in [0.4, 0.5) is 0 Å². The molecule has 0 aromatic carbocycles. The maximum Gasteiger partial charge on any atom is 0.144 e. The van der Waals surface area contributed by atoms with Crippen molar-refractivity contribution in [2.45, 2.75) is 6.42 Å². The lowest BCUT2D eigenvalue weighted by molar-refractivity contribution is -0.460. The van der Waals surface area contributed by atoms with Crippen molar-refractivity contribution in [1.82, 2.24) is 4.90 Å². The van der Waals surface area contributed by atoms with Gasteiger partial charge in [-0.15, -0.1) is 0 Å². The summed E-state index contributed by atoms with van der Waals surface area (Å²) in [4.78, 5) is 1.94. The molecule has 64 valence electrons. The SMILES string of the molecule is CN(C)/C=C(/Cl)CC=[N+](C)C. The Morgan fingerprint density at radius 1 is 1.45 bits per heavy atom. The minimum Gasteiger partial charge on any atom is -0.383 e. The Hall–Kier alpha value is -0.500. The van der Waals surface area contributed by atoms with Gasteiger partial charge in [-0.3, -0.25) is 0 Å². The summed E-state index contributed by atoms with van der Waals surface area (Å²) < 4.78 is 1.99. The van der Waals surface area contributed by atoms with Crippen molar-refractivity contribution in [3.8, 4) is 0 Å². The Balaban J connectivity index is 3.87. The van der Waals surface area contributed by atoms with Crippen LogP contribution in [0.5, 0.6) is 0 Å². The van der Waals surface area contributed by atoms with Crippen LogP contribution in [-0.4, -0.2) is 43.9 Å². The third-order valence-electron chi connectivity index (χ3n) is 1.05. The molecule has 0 radical (unpaired) electrons. The predicted molar refractivity (Wildman–Crippen MR) is 50.4 cm³/mol. The number of hydrogen-bond acceptors (Lipinski definition) is 1. The van der Waals surface area contributed by atoms with Crippen molar-refractivity contribution in [3.63, 3.8) is 0 Å². The first-order valence-corrected chi connectivity index (χ1v) is 3.92. The van der Waals surface area contributed by atoms with Gasteiger partial charge in [0.25, 0.3) is 0 Å². The summed E-state index contributed by atoms with van der Waals surface area (Å²) in [6.45, 7) is 0. The lowest BCUT2D eigenvalue weighted by Crippen LogP contribution is -2.03. The quantitative estimate of drug-likeness (QED) is 0.464. The van der Waals surface area contributed by atoms with Gasteiger partial charge in [0.15, 0.2) is 0 Å². The average Bonchev–Trinajstić information content (AvgIpc) is 1.82. The van der Waals surface area contributed by atoms with Gasteiger partial charge in [-0.25, -0.2) is 4.58 Å². The summed E-state index contributed by atoms with van der Waals surface area (Å²) in [5, 5.41) is 0.851. The molecule has 0 heterocycles. The van der Waals surface area contributed by atoms with Crippen LogP contribution in [0.15, 0.2) is 11.2 Å². The van der Waals surface area contributed by atoms with Crippen LogP contribution in [-0.2, 0) is 0 Å². The molecule has 0 amide bonds. The van der Waals surface area contributed by atoms with E-state index in [2.05, 4.69) is 0 Å².